The summed E-state index contributed by atoms with van der Waals surface area (Å²) in [6, 6.07) is 24.0. The molecule has 0 atom stereocenters. The first-order chi connectivity index (χ1) is 14.7. The molecule has 152 valence electrons. The maximum absolute atomic E-state index is 15.3. The van der Waals surface area contributed by atoms with Crippen molar-refractivity contribution in [3.8, 4) is 22.3 Å². The molecule has 0 bridgehead atoms. The van der Waals surface area contributed by atoms with Crippen LogP contribution in [0.5, 0.6) is 0 Å². The molecule has 0 radical (unpaired) electrons. The monoisotopic (exact) mass is 400 g/mol. The summed E-state index contributed by atoms with van der Waals surface area (Å²) in [6.07, 6.45) is 5.95. The summed E-state index contributed by atoms with van der Waals surface area (Å²) in [5, 5.41) is 1.58. The average molecular weight is 401 g/mol. The molecule has 0 aromatic heterocycles. The molecule has 0 aliphatic carbocycles. The minimum atomic E-state index is -0.257. The van der Waals surface area contributed by atoms with Gasteiger partial charge in [0, 0.05) is 16.5 Å². The lowest BCUT2D eigenvalue weighted by molar-refractivity contribution is 0.631. The van der Waals surface area contributed by atoms with Crippen LogP contribution in [0.15, 0.2) is 78.9 Å². The van der Waals surface area contributed by atoms with E-state index in [9.17, 15) is 4.39 Å². The van der Waals surface area contributed by atoms with E-state index < -0.39 is 0 Å². The summed E-state index contributed by atoms with van der Waals surface area (Å²) >= 11 is 0. The normalized spacial score (nSPS) is 11.2. The molecular formula is C28H26F2. The number of unbranched alkanes of at least 4 members (excludes halogenated alkanes) is 3. The van der Waals surface area contributed by atoms with Gasteiger partial charge in [0.25, 0.3) is 0 Å². The van der Waals surface area contributed by atoms with Crippen LogP contribution in [-0.2, 0) is 6.42 Å². The summed E-state index contributed by atoms with van der Waals surface area (Å²) in [7, 11) is 0. The maximum Gasteiger partial charge on any atom is 0.138 e. The van der Waals surface area contributed by atoms with Gasteiger partial charge in [0.1, 0.15) is 11.6 Å². The largest absolute Gasteiger partial charge is 0.206 e. The van der Waals surface area contributed by atoms with Gasteiger partial charge in [-0.1, -0.05) is 99.0 Å². The molecule has 4 aromatic rings. The zero-order valence-electron chi connectivity index (χ0n) is 17.3. The Labute approximate surface area is 177 Å². The second kappa shape index (κ2) is 9.21. The van der Waals surface area contributed by atoms with Gasteiger partial charge in [-0.25, -0.2) is 8.78 Å². The van der Waals surface area contributed by atoms with Crippen LogP contribution >= 0.6 is 0 Å². The average Bonchev–Trinajstić information content (AvgIpc) is 2.78. The Kier molecular flexibility index (Phi) is 6.23. The first-order valence-corrected chi connectivity index (χ1v) is 10.7. The van der Waals surface area contributed by atoms with Gasteiger partial charge in [0.05, 0.1) is 0 Å². The van der Waals surface area contributed by atoms with Gasteiger partial charge in [0.15, 0.2) is 0 Å². The quantitative estimate of drug-likeness (QED) is 0.273. The molecule has 0 nitrogen and oxygen atoms in total. The van der Waals surface area contributed by atoms with Crippen molar-refractivity contribution in [2.24, 2.45) is 0 Å². The van der Waals surface area contributed by atoms with Gasteiger partial charge >= 0.3 is 0 Å². The number of hydrogen-bond donors (Lipinski definition) is 0. The fourth-order valence-electron chi connectivity index (χ4n) is 4.00. The SMILES string of the molecule is CCCCCCc1ccc2c(F)c(-c3ccc(-c4ccccc4F)cc3)ccc2c1. The number of fused-ring (bicyclic) bond motifs is 1. The Balaban J connectivity index is 1.60. The predicted molar refractivity (Wildman–Crippen MR) is 123 cm³/mol. The molecule has 0 aliphatic heterocycles. The summed E-state index contributed by atoms with van der Waals surface area (Å²) in [4.78, 5) is 0. The summed E-state index contributed by atoms with van der Waals surface area (Å²) in [5.74, 6) is -0.462. The van der Waals surface area contributed by atoms with Crippen molar-refractivity contribution in [3.63, 3.8) is 0 Å². The lowest BCUT2D eigenvalue weighted by Gasteiger charge is -2.10. The van der Waals surface area contributed by atoms with Gasteiger partial charge in [-0.3, -0.25) is 0 Å². The standard InChI is InChI=1S/C28H26F2/c1-2-3-4-5-8-20-11-17-26-23(19-20)16-18-25(28(26)30)22-14-12-21(13-15-22)24-9-6-7-10-27(24)29/h6-7,9-19H,2-5,8H2,1H3. The van der Waals surface area contributed by atoms with E-state index in [1.165, 1.54) is 37.3 Å². The van der Waals surface area contributed by atoms with Crippen LogP contribution in [-0.4, -0.2) is 0 Å². The molecule has 2 heteroatoms. The van der Waals surface area contributed by atoms with E-state index in [0.29, 0.717) is 16.5 Å². The highest BCUT2D eigenvalue weighted by molar-refractivity contribution is 5.89. The minimum absolute atomic E-state index is 0.205. The zero-order chi connectivity index (χ0) is 20.9. The molecule has 0 spiro atoms. The molecule has 4 rings (SSSR count). The van der Waals surface area contributed by atoms with Crippen LogP contribution in [0, 0.1) is 11.6 Å². The summed E-state index contributed by atoms with van der Waals surface area (Å²) in [5.41, 5.74) is 3.96. The number of halogens is 2. The Morgan fingerprint density at radius 3 is 2.13 bits per heavy atom. The predicted octanol–water partition coefficient (Wildman–Crippen LogP) is 8.57. The van der Waals surface area contributed by atoms with Crippen LogP contribution < -0.4 is 0 Å². The smallest absolute Gasteiger partial charge is 0.138 e. The van der Waals surface area contributed by atoms with Crippen LogP contribution in [0.2, 0.25) is 0 Å². The molecule has 0 unspecified atom stereocenters. The van der Waals surface area contributed by atoms with E-state index in [4.69, 9.17) is 0 Å². The summed E-state index contributed by atoms with van der Waals surface area (Å²) < 4.78 is 29.3. The molecule has 4 aromatic carbocycles. The first-order valence-electron chi connectivity index (χ1n) is 10.7. The lowest BCUT2D eigenvalue weighted by Crippen LogP contribution is -1.91. The lowest BCUT2D eigenvalue weighted by atomic mass is 9.96. The van der Waals surface area contributed by atoms with Crippen molar-refractivity contribution < 1.29 is 8.78 Å². The number of benzene rings is 4. The van der Waals surface area contributed by atoms with E-state index in [2.05, 4.69) is 13.0 Å². The maximum atomic E-state index is 15.3. The number of hydrogen-bond acceptors (Lipinski definition) is 0. The Hall–Kier alpha value is -3.00. The van der Waals surface area contributed by atoms with E-state index in [1.54, 1.807) is 12.1 Å². The van der Waals surface area contributed by atoms with E-state index in [1.807, 2.05) is 54.6 Å². The highest BCUT2D eigenvalue weighted by atomic mass is 19.1. The Morgan fingerprint density at radius 2 is 1.40 bits per heavy atom. The van der Waals surface area contributed by atoms with Crippen LogP contribution in [0.1, 0.15) is 38.2 Å². The van der Waals surface area contributed by atoms with Crippen molar-refractivity contribution in [2.45, 2.75) is 39.0 Å². The van der Waals surface area contributed by atoms with Crippen LogP contribution in [0.3, 0.4) is 0 Å². The number of aryl methyl sites for hydroxylation is 1. The second-order valence-electron chi connectivity index (χ2n) is 7.85. The van der Waals surface area contributed by atoms with Gasteiger partial charge in [0.2, 0.25) is 0 Å². The topological polar surface area (TPSA) is 0 Å². The Bertz CT molecular complexity index is 1140. The molecule has 0 fully saturated rings. The zero-order valence-corrected chi connectivity index (χ0v) is 17.3. The molecular weight excluding hydrogens is 374 g/mol. The molecule has 0 aliphatic rings. The highest BCUT2D eigenvalue weighted by Crippen LogP contribution is 2.32. The Morgan fingerprint density at radius 1 is 0.667 bits per heavy atom. The molecule has 0 N–H and O–H groups in total. The van der Waals surface area contributed by atoms with Gasteiger partial charge in [-0.15, -0.1) is 0 Å². The molecule has 0 saturated carbocycles. The minimum Gasteiger partial charge on any atom is -0.206 e. The highest BCUT2D eigenvalue weighted by Gasteiger charge is 2.11. The van der Waals surface area contributed by atoms with Gasteiger partial charge in [-0.2, -0.15) is 0 Å². The fraction of sp³-hybridized carbons (Fsp3) is 0.214. The molecule has 30 heavy (non-hydrogen) atoms. The van der Waals surface area contributed by atoms with Crippen molar-refractivity contribution in [3.05, 3.63) is 96.1 Å². The molecule has 0 heterocycles. The van der Waals surface area contributed by atoms with Crippen LogP contribution in [0.4, 0.5) is 8.78 Å². The fourth-order valence-corrected chi connectivity index (χ4v) is 4.00. The van der Waals surface area contributed by atoms with Gasteiger partial charge in [-0.05, 0) is 41.0 Å². The van der Waals surface area contributed by atoms with E-state index >= 15 is 4.39 Å². The number of rotatable bonds is 7. The summed E-state index contributed by atoms with van der Waals surface area (Å²) in [6.45, 7) is 2.21. The van der Waals surface area contributed by atoms with Crippen molar-refractivity contribution in [1.82, 2.24) is 0 Å². The van der Waals surface area contributed by atoms with Crippen LogP contribution in [0.25, 0.3) is 33.0 Å². The third-order valence-electron chi connectivity index (χ3n) is 5.72. The van der Waals surface area contributed by atoms with E-state index in [-0.39, 0.29) is 11.6 Å². The van der Waals surface area contributed by atoms with Crippen molar-refractivity contribution in [2.75, 3.05) is 0 Å². The van der Waals surface area contributed by atoms with Crippen molar-refractivity contribution >= 4 is 10.8 Å². The first kappa shape index (κ1) is 20.3. The van der Waals surface area contributed by atoms with E-state index in [0.717, 1.165) is 22.9 Å². The third-order valence-corrected chi connectivity index (χ3v) is 5.72. The van der Waals surface area contributed by atoms with Crippen molar-refractivity contribution in [1.29, 1.82) is 0 Å². The third kappa shape index (κ3) is 4.28. The second-order valence-corrected chi connectivity index (χ2v) is 7.85. The molecule has 0 saturated heterocycles. The van der Waals surface area contributed by atoms with Gasteiger partial charge < -0.3 is 0 Å². The molecule has 0 amide bonds.